The van der Waals surface area contributed by atoms with Gasteiger partial charge < -0.3 is 20.0 Å². The summed E-state index contributed by atoms with van der Waals surface area (Å²) in [5, 5.41) is 16.9. The summed E-state index contributed by atoms with van der Waals surface area (Å²) >= 11 is 0. The normalized spacial score (nSPS) is 11.0. The van der Waals surface area contributed by atoms with Gasteiger partial charge in [-0.1, -0.05) is 136 Å². The van der Waals surface area contributed by atoms with Crippen LogP contribution in [0.2, 0.25) is 0 Å². The van der Waals surface area contributed by atoms with Crippen molar-refractivity contribution < 1.29 is 19.8 Å². The molecule has 2 N–H and O–H groups in total. The molecule has 0 aliphatic heterocycles. The van der Waals surface area contributed by atoms with E-state index < -0.39 is 11.9 Å². The zero-order chi connectivity index (χ0) is 32.3. The molecule has 0 aliphatic rings. The molecule has 0 heterocycles. The maximum atomic E-state index is 10.5. The second-order valence-electron chi connectivity index (χ2n) is 12.7. The van der Waals surface area contributed by atoms with Crippen LogP contribution in [0.1, 0.15) is 175 Å². The maximum absolute atomic E-state index is 10.5. The van der Waals surface area contributed by atoms with Crippen molar-refractivity contribution >= 4 is 36.8 Å². The molecule has 0 amide bonds. The summed E-state index contributed by atoms with van der Waals surface area (Å²) in [5.41, 5.74) is 0. The van der Waals surface area contributed by atoms with E-state index in [0.29, 0.717) is 19.3 Å². The number of aliphatic carboxylic acids is 2. The van der Waals surface area contributed by atoms with E-state index in [2.05, 4.69) is 51.8 Å². The van der Waals surface area contributed by atoms with Crippen LogP contribution in [0.15, 0.2) is 0 Å². The number of hydrogen-bond donors (Lipinski definition) is 2. The second-order valence-corrected chi connectivity index (χ2v) is 12.7. The molecule has 1 unspecified atom stereocenters. The molecule has 0 aromatic heterocycles. The van der Waals surface area contributed by atoms with Crippen LogP contribution in [0, 0.1) is 5.92 Å². The van der Waals surface area contributed by atoms with Gasteiger partial charge in [-0.3, -0.25) is 9.59 Å². The summed E-state index contributed by atoms with van der Waals surface area (Å²) in [7, 11) is 8.64. The molecule has 0 aromatic carbocycles. The Morgan fingerprint density at radius 1 is 0.500 bits per heavy atom. The highest BCUT2D eigenvalue weighted by molar-refractivity contribution is 5.85. The van der Waals surface area contributed by atoms with Crippen molar-refractivity contribution in [2.75, 3.05) is 41.3 Å². The Morgan fingerprint density at radius 2 is 0.795 bits per heavy atom. The fraction of sp³-hybridized carbons (Fsp3) is 0.944. The first-order valence-corrected chi connectivity index (χ1v) is 17.9. The van der Waals surface area contributed by atoms with Gasteiger partial charge >= 0.3 is 11.9 Å². The predicted octanol–water partition coefficient (Wildman–Crippen LogP) is 11.1. The third kappa shape index (κ3) is 54.0. The number of carboxylic acid groups (broad SMARTS) is 2. The minimum absolute atomic E-state index is 0. The summed E-state index contributed by atoms with van der Waals surface area (Å²) in [5.74, 6) is -2.08. The van der Waals surface area contributed by atoms with E-state index in [-0.39, 0.29) is 37.2 Å². The first-order chi connectivity index (χ1) is 20.1. The van der Waals surface area contributed by atoms with Gasteiger partial charge in [0.25, 0.3) is 0 Å². The summed E-state index contributed by atoms with van der Waals surface area (Å²) in [6.45, 7) is 8.88. The van der Waals surface area contributed by atoms with E-state index in [9.17, 15) is 9.59 Å². The highest BCUT2D eigenvalue weighted by Crippen LogP contribution is 2.13. The molecule has 270 valence electrons. The zero-order valence-corrected chi connectivity index (χ0v) is 32.0. The molecule has 0 saturated heterocycles. The van der Waals surface area contributed by atoms with Crippen molar-refractivity contribution in [3.8, 4) is 0 Å². The first kappa shape index (κ1) is 53.0. The van der Waals surface area contributed by atoms with E-state index in [1.807, 2.05) is 0 Å². The number of carboxylic acids is 2. The van der Waals surface area contributed by atoms with Gasteiger partial charge in [0, 0.05) is 6.42 Å². The lowest BCUT2D eigenvalue weighted by atomic mass is 10.00. The minimum Gasteiger partial charge on any atom is -0.481 e. The fourth-order valence-corrected chi connectivity index (χ4v) is 4.83. The van der Waals surface area contributed by atoms with Crippen LogP contribution in [0.5, 0.6) is 0 Å². The van der Waals surface area contributed by atoms with E-state index in [4.69, 9.17) is 10.2 Å². The molecular formula is C36H78Cl2N2O4. The molecule has 0 radical (unpaired) electrons. The quantitative estimate of drug-likeness (QED) is 0.0805. The van der Waals surface area contributed by atoms with Crippen molar-refractivity contribution in [3.05, 3.63) is 0 Å². The predicted molar refractivity (Wildman–Crippen MR) is 198 cm³/mol. The van der Waals surface area contributed by atoms with Crippen molar-refractivity contribution in [3.63, 3.8) is 0 Å². The van der Waals surface area contributed by atoms with E-state index in [0.717, 1.165) is 0 Å². The van der Waals surface area contributed by atoms with Crippen molar-refractivity contribution in [1.29, 1.82) is 0 Å². The van der Waals surface area contributed by atoms with Crippen LogP contribution in [0.25, 0.3) is 0 Å². The van der Waals surface area contributed by atoms with Gasteiger partial charge in [0.2, 0.25) is 0 Å². The Hall–Kier alpha value is -0.560. The van der Waals surface area contributed by atoms with Gasteiger partial charge in [0.1, 0.15) is 0 Å². The number of carbonyl (C=O) groups is 2. The van der Waals surface area contributed by atoms with Crippen molar-refractivity contribution in [2.24, 2.45) is 5.92 Å². The smallest absolute Gasteiger partial charge is 0.306 e. The Labute approximate surface area is 287 Å². The third-order valence-electron chi connectivity index (χ3n) is 7.70. The Balaban J connectivity index is -0.000000170. The van der Waals surface area contributed by atoms with Gasteiger partial charge in [-0.2, -0.15) is 0 Å². The van der Waals surface area contributed by atoms with E-state index in [1.54, 1.807) is 6.92 Å². The SMILES string of the molecule is CCC(CCCC(=O)O)C(=O)O.CCCCCCCCCCCCN(C)C.CCCCCCCCCCCCN(C)C.Cl.Cl. The molecule has 6 nitrogen and oxygen atoms in total. The molecule has 0 saturated carbocycles. The molecule has 44 heavy (non-hydrogen) atoms. The zero-order valence-electron chi connectivity index (χ0n) is 30.4. The van der Waals surface area contributed by atoms with Crippen molar-refractivity contribution in [2.45, 2.75) is 175 Å². The van der Waals surface area contributed by atoms with Crippen LogP contribution < -0.4 is 0 Å². The first-order valence-electron chi connectivity index (χ1n) is 17.9. The Kier molecular flexibility index (Phi) is 53.6. The van der Waals surface area contributed by atoms with Crippen LogP contribution in [0.3, 0.4) is 0 Å². The van der Waals surface area contributed by atoms with Gasteiger partial charge in [0.15, 0.2) is 0 Å². The number of halogens is 2. The summed E-state index contributed by atoms with van der Waals surface area (Å²) in [4.78, 5) is 25.1. The summed E-state index contributed by atoms with van der Waals surface area (Å²) in [6, 6.07) is 0. The largest absolute Gasteiger partial charge is 0.481 e. The number of hydrogen-bond acceptors (Lipinski definition) is 4. The monoisotopic (exact) mass is 673 g/mol. The van der Waals surface area contributed by atoms with Gasteiger partial charge in [-0.05, 0) is 73.4 Å². The lowest BCUT2D eigenvalue weighted by Gasteiger charge is -2.08. The van der Waals surface area contributed by atoms with Gasteiger partial charge in [-0.25, -0.2) is 0 Å². The topological polar surface area (TPSA) is 81.1 Å². The van der Waals surface area contributed by atoms with E-state index in [1.165, 1.54) is 142 Å². The Morgan fingerprint density at radius 3 is 1.02 bits per heavy atom. The standard InChI is InChI=1S/2C14H31N.C8H14O4.2ClH/c2*1-4-5-6-7-8-9-10-11-12-13-14-15(2)3;1-2-6(8(11)12)4-3-5-7(9)10;;/h2*4-14H2,1-3H3;6H,2-5H2,1H3,(H,9,10)(H,11,12);2*1H. The Bertz CT molecular complexity index is 524. The van der Waals surface area contributed by atoms with Crippen LogP contribution in [-0.2, 0) is 9.59 Å². The maximum Gasteiger partial charge on any atom is 0.306 e. The van der Waals surface area contributed by atoms with Gasteiger partial charge in [-0.15, -0.1) is 24.8 Å². The lowest BCUT2D eigenvalue weighted by Crippen LogP contribution is -2.12. The van der Waals surface area contributed by atoms with Crippen LogP contribution in [-0.4, -0.2) is 73.2 Å². The summed E-state index contributed by atoms with van der Waals surface area (Å²) < 4.78 is 0. The molecule has 0 aliphatic carbocycles. The average Bonchev–Trinajstić information content (AvgIpc) is 2.93. The number of rotatable bonds is 28. The number of nitrogens with zero attached hydrogens (tertiary/aromatic N) is 2. The molecular weight excluding hydrogens is 595 g/mol. The highest BCUT2D eigenvalue weighted by atomic mass is 35.5. The molecule has 8 heteroatoms. The summed E-state index contributed by atoms with van der Waals surface area (Å²) in [6.07, 6.45) is 30.2. The van der Waals surface area contributed by atoms with Crippen LogP contribution in [0.4, 0.5) is 0 Å². The molecule has 1 atom stereocenters. The third-order valence-corrected chi connectivity index (χ3v) is 7.70. The molecule has 0 fully saturated rings. The highest BCUT2D eigenvalue weighted by Gasteiger charge is 2.14. The van der Waals surface area contributed by atoms with Gasteiger partial charge in [0.05, 0.1) is 5.92 Å². The second kappa shape index (κ2) is 44.6. The number of unbranched alkanes of at least 4 members (excludes halogenated alkanes) is 18. The molecule has 0 bridgehead atoms. The van der Waals surface area contributed by atoms with Crippen molar-refractivity contribution in [1.82, 2.24) is 9.80 Å². The van der Waals surface area contributed by atoms with E-state index >= 15 is 0 Å². The van der Waals surface area contributed by atoms with Crippen LogP contribution >= 0.6 is 24.8 Å². The fourth-order valence-electron chi connectivity index (χ4n) is 4.83. The average molecular weight is 674 g/mol. The minimum atomic E-state index is -0.866. The lowest BCUT2D eigenvalue weighted by molar-refractivity contribution is -0.143. The molecule has 0 rings (SSSR count). The molecule has 0 aromatic rings. The molecule has 0 spiro atoms.